The maximum atomic E-state index is 13.1. The minimum Gasteiger partial charge on any atom is -0.465 e. The van der Waals surface area contributed by atoms with Crippen LogP contribution in [0.4, 0.5) is 4.79 Å². The number of rotatable bonds is 11. The fraction of sp³-hybridized carbons (Fsp3) is 0.667. The van der Waals surface area contributed by atoms with Crippen LogP contribution in [-0.2, 0) is 27.9 Å². The van der Waals surface area contributed by atoms with Gasteiger partial charge in [0.2, 0.25) is 5.91 Å². The second kappa shape index (κ2) is 12.1. The van der Waals surface area contributed by atoms with E-state index in [2.05, 4.69) is 19.2 Å². The van der Waals surface area contributed by atoms with Crippen LogP contribution in [0.1, 0.15) is 40.3 Å². The van der Waals surface area contributed by atoms with E-state index in [1.54, 1.807) is 11.8 Å². The molecule has 1 rings (SSSR count). The number of esters is 1. The third-order valence-electron chi connectivity index (χ3n) is 4.23. The Balaban J connectivity index is 2.84. The molecule has 1 N–H and O–H groups in total. The number of carbonyl (C=O) groups is 3. The molecule has 164 valence electrons. The summed E-state index contributed by atoms with van der Waals surface area (Å²) < 4.78 is 6.82. The van der Waals surface area contributed by atoms with Crippen LogP contribution >= 0.6 is 0 Å². The number of nitrogens with one attached hydrogen (secondary N) is 1. The Morgan fingerprint density at radius 2 is 1.72 bits per heavy atom. The van der Waals surface area contributed by atoms with Gasteiger partial charge in [0, 0.05) is 32.0 Å². The zero-order valence-electron chi connectivity index (χ0n) is 18.6. The number of carbonyl (C=O) groups excluding carboxylic acids is 3. The van der Waals surface area contributed by atoms with Gasteiger partial charge in [0.1, 0.15) is 13.1 Å². The standard InChI is InChI=1S/C21H36N4O4/c1-7-29-20(27)11-22-21(28)25(13-17(4)5)15-19(26)24(12-16(2)3)14-18-9-8-10-23(18)6/h8-10,16-17H,7,11-15H2,1-6H3,(H,22,28). The predicted molar refractivity (Wildman–Crippen MR) is 112 cm³/mol. The average molecular weight is 409 g/mol. The van der Waals surface area contributed by atoms with Crippen LogP contribution in [0.2, 0.25) is 0 Å². The lowest BCUT2D eigenvalue weighted by atomic mass is 10.2. The molecule has 0 fully saturated rings. The molecule has 8 nitrogen and oxygen atoms in total. The molecule has 0 saturated heterocycles. The van der Waals surface area contributed by atoms with E-state index in [4.69, 9.17) is 4.74 Å². The fourth-order valence-electron chi connectivity index (χ4n) is 2.95. The third-order valence-corrected chi connectivity index (χ3v) is 4.23. The van der Waals surface area contributed by atoms with E-state index in [1.807, 2.05) is 43.8 Å². The van der Waals surface area contributed by atoms with Gasteiger partial charge >= 0.3 is 12.0 Å². The molecule has 1 aromatic rings. The number of hydrogen-bond acceptors (Lipinski definition) is 4. The van der Waals surface area contributed by atoms with E-state index in [9.17, 15) is 14.4 Å². The summed E-state index contributed by atoms with van der Waals surface area (Å²) in [6.45, 7) is 11.3. The van der Waals surface area contributed by atoms with Gasteiger partial charge in [-0.15, -0.1) is 0 Å². The summed E-state index contributed by atoms with van der Waals surface area (Å²) in [6.07, 6.45) is 1.95. The van der Waals surface area contributed by atoms with Crippen LogP contribution in [0.25, 0.3) is 0 Å². The molecule has 0 aliphatic rings. The number of amides is 3. The maximum Gasteiger partial charge on any atom is 0.325 e. The molecule has 0 aliphatic heterocycles. The summed E-state index contributed by atoms with van der Waals surface area (Å²) in [6, 6.07) is 3.49. The van der Waals surface area contributed by atoms with Crippen molar-refractivity contribution in [3.8, 4) is 0 Å². The van der Waals surface area contributed by atoms with E-state index in [-0.39, 0.29) is 31.5 Å². The van der Waals surface area contributed by atoms with Gasteiger partial charge < -0.3 is 24.4 Å². The number of ether oxygens (including phenoxy) is 1. The molecule has 0 atom stereocenters. The number of aromatic nitrogens is 1. The largest absolute Gasteiger partial charge is 0.465 e. The monoisotopic (exact) mass is 408 g/mol. The number of hydrogen-bond donors (Lipinski definition) is 1. The van der Waals surface area contributed by atoms with Crippen LogP contribution < -0.4 is 5.32 Å². The summed E-state index contributed by atoms with van der Waals surface area (Å²) in [5, 5.41) is 2.55. The van der Waals surface area contributed by atoms with Crippen LogP contribution in [0.3, 0.4) is 0 Å². The van der Waals surface area contributed by atoms with Crippen molar-refractivity contribution in [2.24, 2.45) is 18.9 Å². The molecule has 0 spiro atoms. The third kappa shape index (κ3) is 9.02. The molecular weight excluding hydrogens is 372 g/mol. The summed E-state index contributed by atoms with van der Waals surface area (Å²) >= 11 is 0. The van der Waals surface area contributed by atoms with Crippen molar-refractivity contribution in [2.45, 2.75) is 41.2 Å². The Kier molecular flexibility index (Phi) is 10.3. The van der Waals surface area contributed by atoms with Gasteiger partial charge in [0.25, 0.3) is 0 Å². The predicted octanol–water partition coefficient (Wildman–Crippen LogP) is 2.24. The van der Waals surface area contributed by atoms with Gasteiger partial charge in [0.15, 0.2) is 0 Å². The summed E-state index contributed by atoms with van der Waals surface area (Å²) in [7, 11) is 1.95. The Bertz CT molecular complexity index is 669. The minimum atomic E-state index is -0.498. The lowest BCUT2D eigenvalue weighted by Crippen LogP contribution is -2.49. The van der Waals surface area contributed by atoms with Crippen LogP contribution in [0, 0.1) is 11.8 Å². The van der Waals surface area contributed by atoms with Crippen molar-refractivity contribution < 1.29 is 19.1 Å². The van der Waals surface area contributed by atoms with E-state index in [0.29, 0.717) is 25.6 Å². The Labute approximate surface area is 174 Å². The topological polar surface area (TPSA) is 83.9 Å². The van der Waals surface area contributed by atoms with Gasteiger partial charge in [-0.2, -0.15) is 0 Å². The SMILES string of the molecule is CCOC(=O)CNC(=O)N(CC(=O)N(Cc1cccn1C)CC(C)C)CC(C)C. The minimum absolute atomic E-state index is 0.0377. The quantitative estimate of drug-likeness (QED) is 0.569. The molecule has 1 heterocycles. The molecule has 1 aromatic heterocycles. The maximum absolute atomic E-state index is 13.1. The highest BCUT2D eigenvalue weighted by atomic mass is 16.5. The highest BCUT2D eigenvalue weighted by Crippen LogP contribution is 2.10. The van der Waals surface area contributed by atoms with Crippen molar-refractivity contribution >= 4 is 17.9 Å². The molecule has 0 radical (unpaired) electrons. The number of aryl methyl sites for hydroxylation is 1. The Morgan fingerprint density at radius 3 is 2.24 bits per heavy atom. The van der Waals surface area contributed by atoms with Gasteiger partial charge in [-0.1, -0.05) is 27.7 Å². The zero-order valence-corrected chi connectivity index (χ0v) is 18.6. The second-order valence-electron chi connectivity index (χ2n) is 8.02. The fourth-order valence-corrected chi connectivity index (χ4v) is 2.95. The number of urea groups is 1. The molecular formula is C21H36N4O4. The first-order valence-electron chi connectivity index (χ1n) is 10.2. The van der Waals surface area contributed by atoms with Gasteiger partial charge in [0.05, 0.1) is 13.2 Å². The van der Waals surface area contributed by atoms with Crippen molar-refractivity contribution in [2.75, 3.05) is 32.8 Å². The van der Waals surface area contributed by atoms with E-state index in [0.717, 1.165) is 5.69 Å². The van der Waals surface area contributed by atoms with Crippen molar-refractivity contribution in [1.82, 2.24) is 19.7 Å². The molecule has 29 heavy (non-hydrogen) atoms. The highest BCUT2D eigenvalue weighted by molar-refractivity contribution is 5.86. The lowest BCUT2D eigenvalue weighted by molar-refractivity contribution is -0.141. The summed E-state index contributed by atoms with van der Waals surface area (Å²) in [4.78, 5) is 40.4. The first-order valence-corrected chi connectivity index (χ1v) is 10.2. The van der Waals surface area contributed by atoms with Crippen molar-refractivity contribution in [3.63, 3.8) is 0 Å². The van der Waals surface area contributed by atoms with Crippen molar-refractivity contribution in [1.29, 1.82) is 0 Å². The van der Waals surface area contributed by atoms with Crippen LogP contribution in [-0.4, -0.2) is 65.1 Å². The van der Waals surface area contributed by atoms with Crippen LogP contribution in [0.15, 0.2) is 18.3 Å². The van der Waals surface area contributed by atoms with Gasteiger partial charge in [-0.25, -0.2) is 4.79 Å². The average Bonchev–Trinajstić information content (AvgIpc) is 3.02. The highest BCUT2D eigenvalue weighted by Gasteiger charge is 2.23. The summed E-state index contributed by atoms with van der Waals surface area (Å²) in [5.41, 5.74) is 1.03. The van der Waals surface area contributed by atoms with Crippen molar-refractivity contribution in [3.05, 3.63) is 24.0 Å². The molecule has 0 saturated carbocycles. The molecule has 0 bridgehead atoms. The van der Waals surface area contributed by atoms with E-state index in [1.165, 1.54) is 4.90 Å². The normalized spacial score (nSPS) is 10.9. The molecule has 0 unspecified atom stereocenters. The van der Waals surface area contributed by atoms with Gasteiger partial charge in [-0.05, 0) is 30.9 Å². The summed E-state index contributed by atoms with van der Waals surface area (Å²) in [5.74, 6) is -0.133. The zero-order chi connectivity index (χ0) is 22.0. The smallest absolute Gasteiger partial charge is 0.325 e. The van der Waals surface area contributed by atoms with Crippen LogP contribution in [0.5, 0.6) is 0 Å². The first kappa shape index (κ1) is 24.5. The molecule has 8 heteroatoms. The Morgan fingerprint density at radius 1 is 1.10 bits per heavy atom. The number of nitrogens with zero attached hydrogens (tertiary/aromatic N) is 3. The van der Waals surface area contributed by atoms with E-state index >= 15 is 0 Å². The molecule has 0 aliphatic carbocycles. The van der Waals surface area contributed by atoms with Gasteiger partial charge in [-0.3, -0.25) is 9.59 Å². The second-order valence-corrected chi connectivity index (χ2v) is 8.02. The Hall–Kier alpha value is -2.51. The molecule has 3 amide bonds. The first-order chi connectivity index (χ1) is 13.6. The molecule has 0 aromatic carbocycles. The lowest BCUT2D eigenvalue weighted by Gasteiger charge is -2.29. The van der Waals surface area contributed by atoms with E-state index < -0.39 is 12.0 Å².